The highest BCUT2D eigenvalue weighted by atomic mass is 14.5. The van der Waals surface area contributed by atoms with E-state index in [9.17, 15) is 0 Å². The molecule has 0 rings (SSSR count). The summed E-state index contributed by atoms with van der Waals surface area (Å²) in [6.45, 7) is 0. The Morgan fingerprint density at radius 3 is 0.900 bits per heavy atom. The number of hydrogen-bond donors (Lipinski definition) is 0. The Labute approximate surface area is 57.4 Å². The second-order valence-corrected chi connectivity index (χ2v) is 1.20. The normalized spacial score (nSPS) is 5.60. The van der Waals surface area contributed by atoms with Gasteiger partial charge in [0.05, 0.1) is 0 Å². The van der Waals surface area contributed by atoms with E-state index in [1.165, 1.54) is 24.3 Å². The van der Waals surface area contributed by atoms with E-state index in [2.05, 4.69) is 0 Å². The van der Waals surface area contributed by atoms with Crippen LogP contribution in [0.25, 0.3) is 0 Å². The van der Waals surface area contributed by atoms with Gasteiger partial charge in [-0.2, -0.15) is 21.0 Å². The zero-order chi connectivity index (χ0) is 7.98. The lowest BCUT2D eigenvalue weighted by molar-refractivity contribution is 1.41. The Morgan fingerprint density at radius 1 is 0.600 bits per heavy atom. The molecule has 0 bridgehead atoms. The summed E-state index contributed by atoms with van der Waals surface area (Å²) >= 11 is 0. The topological polar surface area (TPSA) is 95.2 Å². The molecule has 0 spiro atoms. The monoisotopic (exact) mass is 130 g/mol. The lowest BCUT2D eigenvalue weighted by atomic mass is 10.3. The molecule has 0 atom stereocenters. The number of hydrogen-bond acceptors (Lipinski definition) is 4. The van der Waals surface area contributed by atoms with Gasteiger partial charge in [-0.15, -0.1) is 0 Å². The van der Waals surface area contributed by atoms with Crippen LogP contribution in [0.3, 0.4) is 0 Å². The third-order valence-electron chi connectivity index (χ3n) is 0.697. The first kappa shape index (κ1) is 7.70. The van der Waals surface area contributed by atoms with E-state index in [1.807, 2.05) is 0 Å². The highest BCUT2D eigenvalue weighted by molar-refractivity contribution is 5.52. The zero-order valence-electron chi connectivity index (χ0n) is 4.79. The maximum atomic E-state index is 8.13. The molecule has 0 aromatic rings. The average molecular weight is 130 g/mol. The molecule has 0 aromatic carbocycles. The first-order valence-corrected chi connectivity index (χ1v) is 2.14. The molecular weight excluding hydrogens is 130 g/mol. The first-order valence-electron chi connectivity index (χ1n) is 2.14. The molecule has 0 fully saturated rings. The maximum absolute atomic E-state index is 8.13. The minimum atomic E-state index is -0.440. The molecule has 4 heteroatoms. The van der Waals surface area contributed by atoms with Gasteiger partial charge in [0, 0.05) is 0 Å². The molecule has 0 aliphatic carbocycles. The van der Waals surface area contributed by atoms with Crippen LogP contribution in [0.1, 0.15) is 0 Å². The molecule has 0 aliphatic rings. The van der Waals surface area contributed by atoms with Crippen molar-refractivity contribution in [3.05, 3.63) is 11.1 Å². The van der Waals surface area contributed by atoms with Gasteiger partial charge in [-0.1, -0.05) is 0 Å². The molecule has 0 saturated carbocycles. The fourth-order valence-corrected chi connectivity index (χ4v) is 0.274. The molecule has 4 nitrogen and oxygen atoms in total. The summed E-state index contributed by atoms with van der Waals surface area (Å²) in [5.41, 5.74) is -0.880. The molecule has 0 aromatic heterocycles. The summed E-state index contributed by atoms with van der Waals surface area (Å²) in [7, 11) is 0. The zero-order valence-corrected chi connectivity index (χ0v) is 4.79. The van der Waals surface area contributed by atoms with Crippen molar-refractivity contribution >= 4 is 0 Å². The van der Waals surface area contributed by atoms with Crippen LogP contribution in [0.4, 0.5) is 0 Å². The van der Waals surface area contributed by atoms with E-state index in [-0.39, 0.29) is 0 Å². The van der Waals surface area contributed by atoms with Crippen molar-refractivity contribution in [2.75, 3.05) is 0 Å². The van der Waals surface area contributed by atoms with E-state index >= 15 is 0 Å². The molecule has 0 unspecified atom stereocenters. The van der Waals surface area contributed by atoms with Gasteiger partial charge in [0.2, 0.25) is 0 Å². The summed E-state index contributed by atoms with van der Waals surface area (Å²) in [4.78, 5) is 0. The highest BCUT2D eigenvalue weighted by Gasteiger charge is 2.01. The third kappa shape index (κ3) is 1.34. The molecule has 0 N–H and O–H groups in total. The summed E-state index contributed by atoms with van der Waals surface area (Å²) in [5, 5.41) is 32.5. The Balaban J connectivity index is 5.12. The van der Waals surface area contributed by atoms with Crippen LogP contribution in [0.2, 0.25) is 0 Å². The van der Waals surface area contributed by atoms with Crippen molar-refractivity contribution in [1.29, 1.82) is 21.0 Å². The number of allylic oxidation sites excluding steroid dienone is 2. The van der Waals surface area contributed by atoms with Crippen LogP contribution in [-0.2, 0) is 0 Å². The third-order valence-corrected chi connectivity index (χ3v) is 0.697. The lowest BCUT2D eigenvalue weighted by Crippen LogP contribution is -1.79. The largest absolute Gasteiger partial charge is 0.192 e. The van der Waals surface area contributed by atoms with Crippen LogP contribution < -0.4 is 0 Å². The Morgan fingerprint density at radius 2 is 0.800 bits per heavy atom. The summed E-state index contributed by atoms with van der Waals surface area (Å²) in [6, 6.07) is 5.71. The summed E-state index contributed by atoms with van der Waals surface area (Å²) in [6.07, 6.45) is 0. The second-order valence-electron chi connectivity index (χ2n) is 1.20. The van der Waals surface area contributed by atoms with Gasteiger partial charge in [0.15, 0.2) is 11.1 Å². The summed E-state index contributed by atoms with van der Waals surface area (Å²) in [5.74, 6) is 0. The van der Waals surface area contributed by atoms with E-state index in [1.54, 1.807) is 0 Å². The van der Waals surface area contributed by atoms with E-state index in [0.29, 0.717) is 0 Å². The predicted octanol–water partition coefficient (Wildman–Crippen LogP) is 0.377. The van der Waals surface area contributed by atoms with E-state index in [4.69, 9.17) is 21.0 Å². The standard InChI is InChI=1S/C6N4/c7-1-5(2-8)6(3-9)4-10/i1+1,2+1. The van der Waals surface area contributed by atoms with Gasteiger partial charge in [-0.25, -0.2) is 0 Å². The molecule has 0 aliphatic heterocycles. The number of nitrogens with zero attached hydrogens (tertiary/aromatic N) is 4. The average Bonchev–Trinajstić information content (AvgIpc) is 2.00. The summed E-state index contributed by atoms with van der Waals surface area (Å²) < 4.78 is 0. The highest BCUT2D eigenvalue weighted by Crippen LogP contribution is 1.98. The van der Waals surface area contributed by atoms with Crippen molar-refractivity contribution in [3.63, 3.8) is 0 Å². The van der Waals surface area contributed by atoms with Crippen molar-refractivity contribution in [2.45, 2.75) is 0 Å². The fourth-order valence-electron chi connectivity index (χ4n) is 0.274. The molecular formula is C6N4. The van der Waals surface area contributed by atoms with Crippen LogP contribution in [0.5, 0.6) is 0 Å². The molecule has 0 radical (unpaired) electrons. The van der Waals surface area contributed by atoms with Crippen molar-refractivity contribution < 1.29 is 0 Å². The van der Waals surface area contributed by atoms with Gasteiger partial charge in [0.25, 0.3) is 0 Å². The minimum absolute atomic E-state index is 0.440. The van der Waals surface area contributed by atoms with Gasteiger partial charge < -0.3 is 0 Å². The SMILES string of the molecule is N#CC(C#N)=C([13C]#N)[13C]#N. The van der Waals surface area contributed by atoms with Gasteiger partial charge >= 0.3 is 0 Å². The molecule has 0 heterocycles. The van der Waals surface area contributed by atoms with Crippen molar-refractivity contribution in [2.24, 2.45) is 0 Å². The van der Waals surface area contributed by atoms with E-state index in [0.717, 1.165) is 0 Å². The smallest absolute Gasteiger partial charge is 0.158 e. The Hall–Kier alpha value is -2.30. The molecule has 10 heavy (non-hydrogen) atoms. The van der Waals surface area contributed by atoms with E-state index < -0.39 is 11.1 Å². The first-order chi connectivity index (χ1) is 4.79. The van der Waals surface area contributed by atoms with Crippen LogP contribution >= 0.6 is 0 Å². The lowest BCUT2D eigenvalue weighted by Gasteiger charge is -1.76. The van der Waals surface area contributed by atoms with Gasteiger partial charge in [-0.3, -0.25) is 0 Å². The van der Waals surface area contributed by atoms with Crippen LogP contribution in [-0.4, -0.2) is 0 Å². The molecule has 44 valence electrons. The molecule has 0 amide bonds. The Kier molecular flexibility index (Phi) is 2.83. The van der Waals surface area contributed by atoms with Crippen molar-refractivity contribution in [1.82, 2.24) is 0 Å². The Bertz CT molecular complexity index is 257. The predicted molar refractivity (Wildman–Crippen MR) is 29.5 cm³/mol. The number of nitriles is 4. The van der Waals surface area contributed by atoms with Crippen molar-refractivity contribution in [3.8, 4) is 24.3 Å². The second kappa shape index (κ2) is 3.67. The van der Waals surface area contributed by atoms with Crippen LogP contribution in [0.15, 0.2) is 11.1 Å². The van der Waals surface area contributed by atoms with Crippen LogP contribution in [0, 0.1) is 45.3 Å². The fraction of sp³-hybridized carbons (Fsp3) is 0. The van der Waals surface area contributed by atoms with Gasteiger partial charge in [-0.05, 0) is 0 Å². The quantitative estimate of drug-likeness (QED) is 0.349. The number of rotatable bonds is 0. The maximum Gasteiger partial charge on any atom is 0.158 e. The minimum Gasteiger partial charge on any atom is -0.192 e. The molecule has 0 saturated heterocycles. The van der Waals surface area contributed by atoms with Gasteiger partial charge in [0.1, 0.15) is 24.3 Å².